The molecule has 23 heavy (non-hydrogen) atoms. The molecule has 1 aliphatic heterocycles. The molecule has 3 heteroatoms. The first-order valence-corrected chi connectivity index (χ1v) is 9.29. The molecular weight excluding hydrogens is 284 g/mol. The van der Waals surface area contributed by atoms with E-state index in [4.69, 9.17) is 0 Å². The quantitative estimate of drug-likeness (QED) is 0.876. The summed E-state index contributed by atoms with van der Waals surface area (Å²) in [5.74, 6) is 1.94. The molecule has 1 fully saturated rings. The predicted octanol–water partition coefficient (Wildman–Crippen LogP) is 3.25. The first-order valence-electron chi connectivity index (χ1n) is 9.29. The maximum Gasteiger partial charge on any atom is 0.220 e. The summed E-state index contributed by atoms with van der Waals surface area (Å²) in [5, 5.41) is 6.61. The third kappa shape index (κ3) is 4.35. The summed E-state index contributed by atoms with van der Waals surface area (Å²) in [6, 6.07) is 8.73. The zero-order valence-corrected chi connectivity index (χ0v) is 14.3. The molecule has 0 aromatic heterocycles. The molecule has 0 bridgehead atoms. The third-order valence-electron chi connectivity index (χ3n) is 5.74. The molecule has 2 N–H and O–H groups in total. The number of hydrogen-bond acceptors (Lipinski definition) is 2. The van der Waals surface area contributed by atoms with Crippen molar-refractivity contribution < 1.29 is 4.79 Å². The Hall–Kier alpha value is -1.35. The van der Waals surface area contributed by atoms with Gasteiger partial charge in [0, 0.05) is 18.9 Å². The van der Waals surface area contributed by atoms with Gasteiger partial charge in [0.1, 0.15) is 0 Å². The molecule has 1 aromatic carbocycles. The zero-order chi connectivity index (χ0) is 16.1. The Morgan fingerprint density at radius 3 is 2.87 bits per heavy atom. The van der Waals surface area contributed by atoms with E-state index in [0.717, 1.165) is 19.6 Å². The van der Waals surface area contributed by atoms with E-state index < -0.39 is 0 Å². The molecule has 1 saturated heterocycles. The van der Waals surface area contributed by atoms with E-state index in [0.29, 0.717) is 24.2 Å². The van der Waals surface area contributed by atoms with Crippen molar-refractivity contribution in [2.45, 2.75) is 51.4 Å². The van der Waals surface area contributed by atoms with Crippen LogP contribution in [0.2, 0.25) is 0 Å². The Kier molecular flexibility index (Phi) is 5.71. The van der Waals surface area contributed by atoms with Crippen LogP contribution in [-0.4, -0.2) is 25.5 Å². The molecule has 126 valence electrons. The number of carbonyl (C=O) groups is 1. The number of amides is 1. The van der Waals surface area contributed by atoms with E-state index in [1.807, 2.05) is 0 Å². The molecule has 2 atom stereocenters. The second kappa shape index (κ2) is 7.96. The number of hydrogen-bond donors (Lipinski definition) is 2. The Morgan fingerprint density at radius 2 is 2.04 bits per heavy atom. The average Bonchev–Trinajstić information content (AvgIpc) is 2.60. The summed E-state index contributed by atoms with van der Waals surface area (Å²) in [4.78, 5) is 12.3. The van der Waals surface area contributed by atoms with Gasteiger partial charge in [-0.15, -0.1) is 0 Å². The number of piperidine rings is 1. The van der Waals surface area contributed by atoms with Gasteiger partial charge >= 0.3 is 0 Å². The lowest BCUT2D eigenvalue weighted by Gasteiger charge is -2.28. The van der Waals surface area contributed by atoms with Crippen LogP contribution in [0.1, 0.15) is 56.1 Å². The Labute approximate surface area is 140 Å². The van der Waals surface area contributed by atoms with E-state index >= 15 is 0 Å². The van der Waals surface area contributed by atoms with Crippen molar-refractivity contribution in [2.24, 2.45) is 11.8 Å². The lowest BCUT2D eigenvalue weighted by atomic mass is 9.82. The molecule has 3 rings (SSSR count). The fourth-order valence-corrected chi connectivity index (χ4v) is 4.25. The van der Waals surface area contributed by atoms with Crippen molar-refractivity contribution >= 4 is 5.91 Å². The second-order valence-electron chi connectivity index (χ2n) is 7.36. The van der Waals surface area contributed by atoms with Crippen LogP contribution in [-0.2, 0) is 11.2 Å². The molecule has 0 radical (unpaired) electrons. The van der Waals surface area contributed by atoms with Gasteiger partial charge in [-0.3, -0.25) is 4.79 Å². The zero-order valence-electron chi connectivity index (χ0n) is 14.3. The largest absolute Gasteiger partial charge is 0.355 e. The topological polar surface area (TPSA) is 41.1 Å². The number of nitrogens with one attached hydrogen (secondary N) is 2. The molecule has 2 aliphatic rings. The van der Waals surface area contributed by atoms with Gasteiger partial charge in [-0.2, -0.15) is 0 Å². The summed E-state index contributed by atoms with van der Waals surface area (Å²) in [6.45, 7) is 5.26. The van der Waals surface area contributed by atoms with Gasteiger partial charge in [0.25, 0.3) is 0 Å². The summed E-state index contributed by atoms with van der Waals surface area (Å²) < 4.78 is 0. The van der Waals surface area contributed by atoms with Gasteiger partial charge in [0.2, 0.25) is 5.91 Å². The summed E-state index contributed by atoms with van der Waals surface area (Å²) in [5.41, 5.74) is 2.92. The van der Waals surface area contributed by atoms with Gasteiger partial charge in [0.15, 0.2) is 0 Å². The maximum absolute atomic E-state index is 12.3. The number of aryl methyl sites for hydroxylation is 1. The SMILES string of the molecule is CC(CC(=O)NCC1CCCc2ccccc21)C1CCNCC1. The summed E-state index contributed by atoms with van der Waals surface area (Å²) in [7, 11) is 0. The Morgan fingerprint density at radius 1 is 1.26 bits per heavy atom. The van der Waals surface area contributed by atoms with Crippen LogP contribution in [0.3, 0.4) is 0 Å². The minimum absolute atomic E-state index is 0.235. The van der Waals surface area contributed by atoms with Gasteiger partial charge in [-0.05, 0) is 68.2 Å². The molecule has 0 saturated carbocycles. The molecular formula is C20H30N2O. The molecule has 1 amide bonds. The summed E-state index contributed by atoms with van der Waals surface area (Å²) >= 11 is 0. The van der Waals surface area contributed by atoms with Crippen molar-refractivity contribution in [1.82, 2.24) is 10.6 Å². The molecule has 1 heterocycles. The molecule has 3 nitrogen and oxygen atoms in total. The van der Waals surface area contributed by atoms with Crippen molar-refractivity contribution in [1.29, 1.82) is 0 Å². The van der Waals surface area contributed by atoms with Crippen molar-refractivity contribution in [3.63, 3.8) is 0 Å². The van der Waals surface area contributed by atoms with Crippen molar-refractivity contribution in [3.05, 3.63) is 35.4 Å². The highest BCUT2D eigenvalue weighted by Gasteiger charge is 2.23. The van der Waals surface area contributed by atoms with Crippen LogP contribution in [0.15, 0.2) is 24.3 Å². The fourth-order valence-electron chi connectivity index (χ4n) is 4.25. The summed E-state index contributed by atoms with van der Waals surface area (Å²) in [6.07, 6.45) is 6.73. The number of fused-ring (bicyclic) bond motifs is 1. The van der Waals surface area contributed by atoms with Crippen molar-refractivity contribution in [3.8, 4) is 0 Å². The maximum atomic E-state index is 12.3. The highest BCUT2D eigenvalue weighted by atomic mass is 16.1. The average molecular weight is 314 g/mol. The normalized spacial score (nSPS) is 23.1. The lowest BCUT2D eigenvalue weighted by Crippen LogP contribution is -2.35. The van der Waals surface area contributed by atoms with Crippen LogP contribution < -0.4 is 10.6 Å². The number of benzene rings is 1. The van der Waals surface area contributed by atoms with E-state index in [1.165, 1.54) is 43.2 Å². The van der Waals surface area contributed by atoms with Crippen LogP contribution in [0.25, 0.3) is 0 Å². The molecule has 1 aliphatic carbocycles. The highest BCUT2D eigenvalue weighted by Crippen LogP contribution is 2.31. The third-order valence-corrected chi connectivity index (χ3v) is 5.74. The van der Waals surface area contributed by atoms with Gasteiger partial charge < -0.3 is 10.6 Å². The Bertz CT molecular complexity index is 522. The van der Waals surface area contributed by atoms with Gasteiger partial charge in [-0.25, -0.2) is 0 Å². The molecule has 0 spiro atoms. The predicted molar refractivity (Wildman–Crippen MR) is 94.5 cm³/mol. The van der Waals surface area contributed by atoms with Crippen LogP contribution in [0.4, 0.5) is 0 Å². The van der Waals surface area contributed by atoms with Crippen LogP contribution in [0.5, 0.6) is 0 Å². The first-order chi connectivity index (χ1) is 11.2. The van der Waals surface area contributed by atoms with Crippen LogP contribution in [0, 0.1) is 11.8 Å². The second-order valence-corrected chi connectivity index (χ2v) is 7.36. The minimum atomic E-state index is 0.235. The highest BCUT2D eigenvalue weighted by molar-refractivity contribution is 5.76. The fraction of sp³-hybridized carbons (Fsp3) is 0.650. The van der Waals surface area contributed by atoms with Crippen LogP contribution >= 0.6 is 0 Å². The number of carbonyl (C=O) groups excluding carboxylic acids is 1. The van der Waals surface area contributed by atoms with E-state index in [2.05, 4.69) is 41.8 Å². The standard InChI is InChI=1S/C20H30N2O/c1-15(16-9-11-21-12-10-16)13-20(23)22-14-18-7-4-6-17-5-2-3-8-19(17)18/h2-3,5,8,15-16,18,21H,4,6-7,9-14H2,1H3,(H,22,23). The monoisotopic (exact) mass is 314 g/mol. The van der Waals surface area contributed by atoms with E-state index in [9.17, 15) is 4.79 Å². The molecule has 1 aromatic rings. The first kappa shape index (κ1) is 16.5. The van der Waals surface area contributed by atoms with Gasteiger partial charge in [-0.1, -0.05) is 31.2 Å². The van der Waals surface area contributed by atoms with Crippen molar-refractivity contribution in [2.75, 3.05) is 19.6 Å². The number of rotatable bonds is 5. The van der Waals surface area contributed by atoms with Gasteiger partial charge in [0.05, 0.1) is 0 Å². The minimum Gasteiger partial charge on any atom is -0.355 e. The van der Waals surface area contributed by atoms with E-state index in [-0.39, 0.29) is 5.91 Å². The molecule has 2 unspecified atom stereocenters. The Balaban J connectivity index is 1.48. The smallest absolute Gasteiger partial charge is 0.220 e. The lowest BCUT2D eigenvalue weighted by molar-refractivity contribution is -0.122. The van der Waals surface area contributed by atoms with E-state index in [1.54, 1.807) is 0 Å².